The van der Waals surface area contributed by atoms with Crippen LogP contribution in [-0.4, -0.2) is 30.9 Å². The minimum Gasteiger partial charge on any atom is -0.493 e. The summed E-state index contributed by atoms with van der Waals surface area (Å²) in [5, 5.41) is 13.1. The summed E-state index contributed by atoms with van der Waals surface area (Å²) < 4.78 is 11.5. The SMILES string of the molecule is Cc1cc(OCC2(C)COC2)cc(C)c1-c1cccc(CNc2ccc3c(c2)CC2(CC2)C3CC(=O)O)c1C. The lowest BCUT2D eigenvalue weighted by Gasteiger charge is -2.37. The van der Waals surface area contributed by atoms with E-state index in [9.17, 15) is 9.90 Å². The van der Waals surface area contributed by atoms with Crippen LogP contribution >= 0.6 is 0 Å². The molecule has 5 heteroatoms. The second-order valence-electron chi connectivity index (χ2n) is 12.6. The molecule has 1 saturated carbocycles. The average molecular weight is 526 g/mol. The zero-order valence-corrected chi connectivity index (χ0v) is 23.5. The predicted octanol–water partition coefficient (Wildman–Crippen LogP) is 7.20. The van der Waals surface area contributed by atoms with Gasteiger partial charge < -0.3 is 19.9 Å². The van der Waals surface area contributed by atoms with Gasteiger partial charge in [0.15, 0.2) is 0 Å². The number of carbonyl (C=O) groups is 1. The molecule has 1 unspecified atom stereocenters. The van der Waals surface area contributed by atoms with Gasteiger partial charge in [-0.15, -0.1) is 0 Å². The Labute approximate surface area is 231 Å². The van der Waals surface area contributed by atoms with Gasteiger partial charge in [-0.05, 0) is 114 Å². The van der Waals surface area contributed by atoms with Crippen LogP contribution in [-0.2, 0) is 22.5 Å². The Hall–Kier alpha value is -3.31. The molecule has 1 aliphatic heterocycles. The number of hydrogen-bond donors (Lipinski definition) is 2. The lowest BCUT2D eigenvalue weighted by molar-refractivity contribution is -0.137. The minimum atomic E-state index is -0.692. The number of carboxylic acids is 1. The Balaban J connectivity index is 1.18. The molecule has 1 saturated heterocycles. The number of benzene rings is 3. The van der Waals surface area contributed by atoms with Crippen molar-refractivity contribution in [3.05, 3.63) is 81.9 Å². The Morgan fingerprint density at radius 3 is 2.46 bits per heavy atom. The summed E-state index contributed by atoms with van der Waals surface area (Å²) in [6, 6.07) is 17.4. The van der Waals surface area contributed by atoms with Crippen LogP contribution in [0.2, 0.25) is 0 Å². The van der Waals surface area contributed by atoms with Crippen molar-refractivity contribution in [2.24, 2.45) is 10.8 Å². The molecule has 0 aromatic heterocycles. The largest absolute Gasteiger partial charge is 0.493 e. The molecule has 1 atom stereocenters. The van der Waals surface area contributed by atoms with Crippen LogP contribution < -0.4 is 10.1 Å². The van der Waals surface area contributed by atoms with Gasteiger partial charge in [-0.25, -0.2) is 0 Å². The second kappa shape index (κ2) is 9.71. The lowest BCUT2D eigenvalue weighted by atomic mass is 9.87. The number of carboxylic acid groups (broad SMARTS) is 1. The summed E-state index contributed by atoms with van der Waals surface area (Å²) in [4.78, 5) is 11.5. The van der Waals surface area contributed by atoms with Crippen LogP contribution in [0.3, 0.4) is 0 Å². The Bertz CT molecular complexity index is 1410. The van der Waals surface area contributed by atoms with Gasteiger partial charge in [-0.1, -0.05) is 31.2 Å². The molecule has 2 N–H and O–H groups in total. The highest BCUT2D eigenvalue weighted by atomic mass is 16.5. The van der Waals surface area contributed by atoms with Gasteiger partial charge in [0.25, 0.3) is 0 Å². The third-order valence-electron chi connectivity index (χ3n) is 9.26. The maximum absolute atomic E-state index is 11.5. The standard InChI is InChI=1S/C34H39NO4/c1-21-12-27(39-20-33(4)18-38-19-33)13-22(2)32(21)28-7-5-6-24(23(28)3)17-35-26-8-9-29-25(14-26)16-34(10-11-34)30(29)15-31(36)37/h5-9,12-14,30,35H,10-11,15-20H2,1-4H3,(H,36,37). The number of fused-ring (bicyclic) bond motifs is 1. The molecule has 1 spiro atoms. The van der Waals surface area contributed by atoms with E-state index in [1.807, 2.05) is 0 Å². The fourth-order valence-corrected chi connectivity index (χ4v) is 6.79. The average Bonchev–Trinajstić information content (AvgIpc) is 3.58. The van der Waals surface area contributed by atoms with Crippen molar-refractivity contribution in [3.8, 4) is 16.9 Å². The van der Waals surface area contributed by atoms with Gasteiger partial charge in [-0.2, -0.15) is 0 Å². The quantitative estimate of drug-likeness (QED) is 0.309. The van der Waals surface area contributed by atoms with E-state index in [-0.39, 0.29) is 23.2 Å². The summed E-state index contributed by atoms with van der Waals surface area (Å²) in [6.07, 6.45) is 3.55. The Morgan fingerprint density at radius 1 is 1.08 bits per heavy atom. The highest BCUT2D eigenvalue weighted by Gasteiger charge is 2.54. The number of ether oxygens (including phenoxy) is 2. The van der Waals surface area contributed by atoms with E-state index in [1.54, 1.807) is 0 Å². The van der Waals surface area contributed by atoms with Crippen LogP contribution in [0.25, 0.3) is 11.1 Å². The summed E-state index contributed by atoms with van der Waals surface area (Å²) in [6.45, 7) is 11.7. The first-order valence-corrected chi connectivity index (χ1v) is 14.2. The van der Waals surface area contributed by atoms with Gasteiger partial charge in [0.05, 0.1) is 26.2 Å². The van der Waals surface area contributed by atoms with Crippen LogP contribution in [0.4, 0.5) is 5.69 Å². The van der Waals surface area contributed by atoms with Crippen molar-refractivity contribution in [2.75, 3.05) is 25.1 Å². The number of anilines is 1. The topological polar surface area (TPSA) is 67.8 Å². The van der Waals surface area contributed by atoms with Crippen molar-refractivity contribution in [2.45, 2.75) is 65.8 Å². The minimum absolute atomic E-state index is 0.122. The summed E-state index contributed by atoms with van der Waals surface area (Å²) >= 11 is 0. The molecule has 0 radical (unpaired) electrons. The Morgan fingerprint density at radius 2 is 1.82 bits per heavy atom. The molecular weight excluding hydrogens is 486 g/mol. The van der Waals surface area contributed by atoms with E-state index in [0.717, 1.165) is 50.5 Å². The molecule has 1 heterocycles. The summed E-state index contributed by atoms with van der Waals surface area (Å²) in [7, 11) is 0. The van der Waals surface area contributed by atoms with Crippen molar-refractivity contribution in [3.63, 3.8) is 0 Å². The molecule has 39 heavy (non-hydrogen) atoms. The zero-order valence-electron chi connectivity index (χ0n) is 23.5. The molecule has 0 bridgehead atoms. The fourth-order valence-electron chi connectivity index (χ4n) is 6.79. The first-order valence-electron chi connectivity index (χ1n) is 14.2. The second-order valence-corrected chi connectivity index (χ2v) is 12.6. The van der Waals surface area contributed by atoms with E-state index in [4.69, 9.17) is 9.47 Å². The van der Waals surface area contributed by atoms with Gasteiger partial charge in [-0.3, -0.25) is 4.79 Å². The number of hydrogen-bond acceptors (Lipinski definition) is 4. The first-order chi connectivity index (χ1) is 18.7. The summed E-state index contributed by atoms with van der Waals surface area (Å²) in [5.41, 5.74) is 11.5. The maximum atomic E-state index is 11.5. The number of aryl methyl sites for hydroxylation is 2. The molecule has 204 valence electrons. The molecule has 3 aromatic carbocycles. The first kappa shape index (κ1) is 25.9. The van der Waals surface area contributed by atoms with Gasteiger partial charge in [0.2, 0.25) is 0 Å². The van der Waals surface area contributed by atoms with Crippen molar-refractivity contribution >= 4 is 11.7 Å². The number of nitrogens with one attached hydrogen (secondary N) is 1. The van der Waals surface area contributed by atoms with Crippen LogP contribution in [0, 0.1) is 31.6 Å². The highest BCUT2D eigenvalue weighted by Crippen LogP contribution is 2.64. The van der Waals surface area contributed by atoms with E-state index in [2.05, 4.69) is 81.5 Å². The molecule has 6 rings (SSSR count). The number of aliphatic carboxylic acids is 1. The molecule has 3 aromatic rings. The fraction of sp³-hybridized carbons (Fsp3) is 0.441. The third kappa shape index (κ3) is 4.93. The van der Waals surface area contributed by atoms with E-state index in [0.29, 0.717) is 6.61 Å². The van der Waals surface area contributed by atoms with Gasteiger partial charge >= 0.3 is 5.97 Å². The zero-order chi connectivity index (χ0) is 27.4. The molecule has 2 fully saturated rings. The molecule has 5 nitrogen and oxygen atoms in total. The third-order valence-corrected chi connectivity index (χ3v) is 9.26. The molecule has 3 aliphatic rings. The van der Waals surface area contributed by atoms with Gasteiger partial charge in [0.1, 0.15) is 5.75 Å². The van der Waals surface area contributed by atoms with Crippen molar-refractivity contribution < 1.29 is 19.4 Å². The van der Waals surface area contributed by atoms with E-state index >= 15 is 0 Å². The van der Waals surface area contributed by atoms with Crippen LogP contribution in [0.15, 0.2) is 48.5 Å². The lowest BCUT2D eigenvalue weighted by Crippen LogP contribution is -2.44. The van der Waals surface area contributed by atoms with Gasteiger partial charge in [0, 0.05) is 23.6 Å². The molecule has 0 amide bonds. The monoisotopic (exact) mass is 525 g/mol. The van der Waals surface area contributed by atoms with E-state index < -0.39 is 5.97 Å². The Kier molecular flexibility index (Phi) is 6.46. The molecule has 2 aliphatic carbocycles. The predicted molar refractivity (Wildman–Crippen MR) is 155 cm³/mol. The smallest absolute Gasteiger partial charge is 0.303 e. The van der Waals surface area contributed by atoms with Crippen molar-refractivity contribution in [1.29, 1.82) is 0 Å². The number of rotatable bonds is 9. The highest BCUT2D eigenvalue weighted by molar-refractivity contribution is 5.75. The molecular formula is C34H39NO4. The van der Waals surface area contributed by atoms with E-state index in [1.165, 1.54) is 44.5 Å². The van der Waals surface area contributed by atoms with Crippen molar-refractivity contribution in [1.82, 2.24) is 0 Å². The van der Waals surface area contributed by atoms with Crippen LogP contribution in [0.1, 0.15) is 65.5 Å². The maximum Gasteiger partial charge on any atom is 0.303 e. The normalized spacial score (nSPS) is 19.8. The van der Waals surface area contributed by atoms with Crippen LogP contribution in [0.5, 0.6) is 5.75 Å². The summed E-state index contributed by atoms with van der Waals surface area (Å²) in [5.74, 6) is 0.395.